The molecule has 21 heavy (non-hydrogen) atoms. The SMILES string of the molecule is CNCC1CCCc2sc(-c3c(F)cccc3SC)nc21. The van der Waals surface area contributed by atoms with Gasteiger partial charge in [-0.2, -0.15) is 0 Å². The largest absolute Gasteiger partial charge is 0.319 e. The molecule has 2 nitrogen and oxygen atoms in total. The Labute approximate surface area is 133 Å². The van der Waals surface area contributed by atoms with Crippen LogP contribution in [0, 0.1) is 5.82 Å². The molecule has 0 bridgehead atoms. The first-order valence-corrected chi connectivity index (χ1v) is 9.25. The summed E-state index contributed by atoms with van der Waals surface area (Å²) < 4.78 is 14.3. The highest BCUT2D eigenvalue weighted by molar-refractivity contribution is 7.98. The maximum atomic E-state index is 14.3. The number of thiazole rings is 1. The van der Waals surface area contributed by atoms with Crippen molar-refractivity contribution in [2.45, 2.75) is 30.1 Å². The normalized spacial score (nSPS) is 17.8. The van der Waals surface area contributed by atoms with E-state index in [0.29, 0.717) is 11.5 Å². The minimum atomic E-state index is -0.168. The van der Waals surface area contributed by atoms with Gasteiger partial charge in [0.05, 0.1) is 11.3 Å². The first kappa shape index (κ1) is 15.0. The van der Waals surface area contributed by atoms with E-state index >= 15 is 0 Å². The van der Waals surface area contributed by atoms with Crippen LogP contribution in [0.3, 0.4) is 0 Å². The number of nitrogens with zero attached hydrogens (tertiary/aromatic N) is 1. The fourth-order valence-corrected chi connectivity index (χ4v) is 4.87. The Morgan fingerprint density at radius 3 is 3.10 bits per heavy atom. The predicted octanol–water partition coefficient (Wildman–Crippen LogP) is 4.31. The molecule has 0 aliphatic heterocycles. The Balaban J connectivity index is 2.06. The molecule has 2 aromatic rings. The van der Waals surface area contributed by atoms with Crippen LogP contribution in [0.25, 0.3) is 10.6 Å². The summed E-state index contributed by atoms with van der Waals surface area (Å²) in [6, 6.07) is 5.26. The lowest BCUT2D eigenvalue weighted by molar-refractivity contribution is 0.523. The van der Waals surface area contributed by atoms with Gasteiger partial charge >= 0.3 is 0 Å². The first-order chi connectivity index (χ1) is 10.2. The molecule has 0 saturated heterocycles. The maximum absolute atomic E-state index is 14.3. The van der Waals surface area contributed by atoms with Crippen LogP contribution in [0.2, 0.25) is 0 Å². The van der Waals surface area contributed by atoms with E-state index in [0.717, 1.165) is 22.9 Å². The highest BCUT2D eigenvalue weighted by atomic mass is 32.2. The number of nitrogens with one attached hydrogen (secondary N) is 1. The lowest BCUT2D eigenvalue weighted by atomic mass is 9.91. The summed E-state index contributed by atoms with van der Waals surface area (Å²) in [6.45, 7) is 0.947. The molecule has 1 aliphatic rings. The summed E-state index contributed by atoms with van der Waals surface area (Å²) in [4.78, 5) is 7.12. The smallest absolute Gasteiger partial charge is 0.134 e. The van der Waals surface area contributed by atoms with Gasteiger partial charge in [0.2, 0.25) is 0 Å². The van der Waals surface area contributed by atoms with Gasteiger partial charge in [0.15, 0.2) is 0 Å². The highest BCUT2D eigenvalue weighted by Crippen LogP contribution is 2.41. The van der Waals surface area contributed by atoms with Crippen LogP contribution in [0.4, 0.5) is 4.39 Å². The Bertz CT molecular complexity index is 639. The molecule has 0 radical (unpaired) electrons. The fourth-order valence-electron chi connectivity index (χ4n) is 2.94. The molecule has 1 N–H and O–H groups in total. The van der Waals surface area contributed by atoms with Crippen LogP contribution in [0.5, 0.6) is 0 Å². The molecule has 1 heterocycles. The molecule has 1 aromatic carbocycles. The zero-order valence-corrected chi connectivity index (χ0v) is 13.9. The van der Waals surface area contributed by atoms with E-state index in [-0.39, 0.29) is 5.82 Å². The molecule has 1 aliphatic carbocycles. The quantitative estimate of drug-likeness (QED) is 0.849. The minimum Gasteiger partial charge on any atom is -0.319 e. The number of thioether (sulfide) groups is 1. The highest BCUT2D eigenvalue weighted by Gasteiger charge is 2.26. The van der Waals surface area contributed by atoms with Gasteiger partial charge < -0.3 is 5.32 Å². The van der Waals surface area contributed by atoms with E-state index in [1.165, 1.54) is 29.5 Å². The maximum Gasteiger partial charge on any atom is 0.134 e. The van der Waals surface area contributed by atoms with Crippen LogP contribution in [-0.2, 0) is 6.42 Å². The molecule has 0 spiro atoms. The van der Waals surface area contributed by atoms with Crippen molar-refractivity contribution in [3.05, 3.63) is 34.6 Å². The van der Waals surface area contributed by atoms with Gasteiger partial charge in [-0.05, 0) is 44.7 Å². The molecule has 0 amide bonds. The summed E-state index contributed by atoms with van der Waals surface area (Å²) >= 11 is 3.25. The van der Waals surface area contributed by atoms with E-state index in [9.17, 15) is 4.39 Å². The van der Waals surface area contributed by atoms with E-state index < -0.39 is 0 Å². The van der Waals surface area contributed by atoms with Crippen LogP contribution >= 0.6 is 23.1 Å². The van der Waals surface area contributed by atoms with Crippen LogP contribution in [0.15, 0.2) is 23.1 Å². The third-order valence-corrected chi connectivity index (χ3v) is 5.86. The number of halogens is 1. The lowest BCUT2D eigenvalue weighted by Gasteiger charge is -2.20. The van der Waals surface area contributed by atoms with Crippen molar-refractivity contribution < 1.29 is 4.39 Å². The topological polar surface area (TPSA) is 24.9 Å². The van der Waals surface area contributed by atoms with Crippen molar-refractivity contribution in [2.24, 2.45) is 0 Å². The zero-order chi connectivity index (χ0) is 14.8. The standard InChI is InChI=1S/C16H19FN2S2/c1-18-9-10-5-3-8-13-15(10)19-16(21-13)14-11(17)6-4-7-12(14)20-2/h4,6-7,10,18H,3,5,8-9H2,1-2H3. The second kappa shape index (κ2) is 6.46. The number of hydrogen-bond donors (Lipinski definition) is 1. The minimum absolute atomic E-state index is 0.168. The molecule has 0 fully saturated rings. The van der Waals surface area contributed by atoms with Gasteiger partial charge in [0, 0.05) is 22.2 Å². The van der Waals surface area contributed by atoms with Crippen LogP contribution in [-0.4, -0.2) is 24.8 Å². The number of rotatable bonds is 4. The fraction of sp³-hybridized carbons (Fsp3) is 0.438. The second-order valence-corrected chi connectivity index (χ2v) is 7.22. The van der Waals surface area contributed by atoms with Gasteiger partial charge in [-0.3, -0.25) is 0 Å². The van der Waals surface area contributed by atoms with E-state index in [1.807, 2.05) is 19.4 Å². The Morgan fingerprint density at radius 2 is 2.33 bits per heavy atom. The molecular formula is C16H19FN2S2. The predicted molar refractivity (Wildman–Crippen MR) is 88.9 cm³/mol. The summed E-state index contributed by atoms with van der Waals surface area (Å²) in [7, 11) is 1.98. The summed E-state index contributed by atoms with van der Waals surface area (Å²) in [5.41, 5.74) is 1.86. The third kappa shape index (κ3) is 2.87. The Morgan fingerprint density at radius 1 is 1.48 bits per heavy atom. The van der Waals surface area contributed by atoms with Gasteiger partial charge in [-0.15, -0.1) is 23.1 Å². The van der Waals surface area contributed by atoms with Gasteiger partial charge in [-0.1, -0.05) is 6.07 Å². The number of likely N-dealkylation sites (N-methyl/N-ethyl adjacent to an activating group) is 1. The van der Waals surface area contributed by atoms with Crippen molar-refractivity contribution in [3.63, 3.8) is 0 Å². The Kier molecular flexibility index (Phi) is 4.62. The van der Waals surface area contributed by atoms with Crippen molar-refractivity contribution in [3.8, 4) is 10.6 Å². The van der Waals surface area contributed by atoms with Crippen molar-refractivity contribution in [1.29, 1.82) is 0 Å². The summed E-state index contributed by atoms with van der Waals surface area (Å²) in [5.74, 6) is 0.298. The van der Waals surface area contributed by atoms with Gasteiger partial charge in [0.1, 0.15) is 10.8 Å². The van der Waals surface area contributed by atoms with Crippen LogP contribution in [0.1, 0.15) is 29.3 Å². The van der Waals surface area contributed by atoms with Gasteiger partial charge in [-0.25, -0.2) is 9.37 Å². The second-order valence-electron chi connectivity index (χ2n) is 5.29. The van der Waals surface area contributed by atoms with E-state index in [1.54, 1.807) is 29.2 Å². The Hall–Kier alpha value is -0.910. The number of fused-ring (bicyclic) bond motifs is 1. The number of benzene rings is 1. The number of hydrogen-bond acceptors (Lipinski definition) is 4. The average molecular weight is 322 g/mol. The van der Waals surface area contributed by atoms with Crippen molar-refractivity contribution in [1.82, 2.24) is 10.3 Å². The monoisotopic (exact) mass is 322 g/mol. The molecule has 1 unspecified atom stereocenters. The summed E-state index contributed by atoms with van der Waals surface area (Å²) in [5, 5.41) is 4.09. The summed E-state index contributed by atoms with van der Waals surface area (Å²) in [6.07, 6.45) is 5.43. The number of aryl methyl sites for hydroxylation is 1. The third-order valence-electron chi connectivity index (χ3n) is 3.93. The first-order valence-electron chi connectivity index (χ1n) is 7.21. The van der Waals surface area contributed by atoms with Gasteiger partial charge in [0.25, 0.3) is 0 Å². The molecular weight excluding hydrogens is 303 g/mol. The van der Waals surface area contributed by atoms with Crippen LogP contribution < -0.4 is 5.32 Å². The molecule has 5 heteroatoms. The molecule has 112 valence electrons. The molecule has 0 saturated carbocycles. The average Bonchev–Trinajstić information content (AvgIpc) is 2.91. The molecule has 1 atom stereocenters. The zero-order valence-electron chi connectivity index (χ0n) is 12.3. The lowest BCUT2D eigenvalue weighted by Crippen LogP contribution is -2.20. The number of aromatic nitrogens is 1. The molecule has 1 aromatic heterocycles. The van der Waals surface area contributed by atoms with Crippen molar-refractivity contribution in [2.75, 3.05) is 19.8 Å². The van der Waals surface area contributed by atoms with E-state index in [2.05, 4.69) is 5.32 Å². The van der Waals surface area contributed by atoms with E-state index in [4.69, 9.17) is 4.98 Å². The molecule has 3 rings (SSSR count). The van der Waals surface area contributed by atoms with Crippen molar-refractivity contribution >= 4 is 23.1 Å².